The predicted molar refractivity (Wildman–Crippen MR) is 78.8 cm³/mol. The van der Waals surface area contributed by atoms with E-state index in [2.05, 4.69) is 11.2 Å². The van der Waals surface area contributed by atoms with Gasteiger partial charge >= 0.3 is 0 Å². The van der Waals surface area contributed by atoms with Crippen LogP contribution in [0.1, 0.15) is 33.6 Å². The Labute approximate surface area is 119 Å². The number of nitrogens with one attached hydrogen (secondary N) is 1. The molecule has 1 rings (SSSR count). The summed E-state index contributed by atoms with van der Waals surface area (Å²) < 4.78 is 0. The molecular weight excluding hydrogens is 260 g/mol. The summed E-state index contributed by atoms with van der Waals surface area (Å²) in [6.07, 6.45) is 6.43. The molecule has 0 aromatic carbocycles. The molecule has 2 atom stereocenters. The second-order valence-electron chi connectivity index (χ2n) is 4.85. The molecule has 2 amide bonds. The first-order chi connectivity index (χ1) is 9.00. The lowest BCUT2D eigenvalue weighted by molar-refractivity contribution is -0.154. The number of terminal acetylenes is 1. The fraction of sp³-hybridized carbons (Fsp3) is 0.714. The molecule has 1 heterocycles. The van der Waals surface area contributed by atoms with E-state index < -0.39 is 5.54 Å². The molecule has 4 nitrogen and oxygen atoms in total. The fourth-order valence-corrected chi connectivity index (χ4v) is 2.79. The highest BCUT2D eigenvalue weighted by molar-refractivity contribution is 7.99. The van der Waals surface area contributed by atoms with Gasteiger partial charge in [-0.15, -0.1) is 18.2 Å². The smallest absolute Gasteiger partial charge is 0.248 e. The molecule has 5 heteroatoms. The van der Waals surface area contributed by atoms with Crippen LogP contribution in [0.15, 0.2) is 0 Å². The normalized spacial score (nSPS) is 27.1. The van der Waals surface area contributed by atoms with Crippen molar-refractivity contribution >= 4 is 23.6 Å². The monoisotopic (exact) mass is 282 g/mol. The van der Waals surface area contributed by atoms with Crippen LogP contribution in [0.2, 0.25) is 0 Å². The molecule has 1 aliphatic heterocycles. The van der Waals surface area contributed by atoms with Crippen molar-refractivity contribution in [1.29, 1.82) is 0 Å². The first-order valence-electron chi connectivity index (χ1n) is 6.64. The zero-order valence-corrected chi connectivity index (χ0v) is 12.7. The zero-order valence-electron chi connectivity index (χ0n) is 11.9. The van der Waals surface area contributed by atoms with E-state index in [-0.39, 0.29) is 17.9 Å². The van der Waals surface area contributed by atoms with Crippen LogP contribution in [0.3, 0.4) is 0 Å². The minimum absolute atomic E-state index is 0.0164. The van der Waals surface area contributed by atoms with Crippen LogP contribution in [0.4, 0.5) is 0 Å². The van der Waals surface area contributed by atoms with Crippen LogP contribution in [0, 0.1) is 12.3 Å². The zero-order chi connectivity index (χ0) is 14.5. The lowest BCUT2D eigenvalue weighted by Gasteiger charge is -2.44. The van der Waals surface area contributed by atoms with Crippen LogP contribution in [0.25, 0.3) is 0 Å². The summed E-state index contributed by atoms with van der Waals surface area (Å²) in [4.78, 5) is 26.3. The number of thioether (sulfide) groups is 1. The van der Waals surface area contributed by atoms with Gasteiger partial charge in [-0.1, -0.05) is 19.8 Å². The van der Waals surface area contributed by atoms with Crippen molar-refractivity contribution in [1.82, 2.24) is 10.2 Å². The quantitative estimate of drug-likeness (QED) is 0.589. The molecule has 0 saturated carbocycles. The molecule has 0 bridgehead atoms. The van der Waals surface area contributed by atoms with Crippen molar-refractivity contribution in [2.24, 2.45) is 0 Å². The minimum Gasteiger partial charge on any atom is -0.340 e. The van der Waals surface area contributed by atoms with E-state index in [1.807, 2.05) is 13.8 Å². The number of carbonyl (C=O) groups is 2. The van der Waals surface area contributed by atoms with Crippen molar-refractivity contribution in [2.45, 2.75) is 45.2 Å². The van der Waals surface area contributed by atoms with Crippen LogP contribution in [-0.4, -0.2) is 46.3 Å². The van der Waals surface area contributed by atoms with Crippen LogP contribution < -0.4 is 5.32 Å². The van der Waals surface area contributed by atoms with Gasteiger partial charge in [-0.3, -0.25) is 9.59 Å². The van der Waals surface area contributed by atoms with E-state index in [9.17, 15) is 9.59 Å². The third-order valence-electron chi connectivity index (χ3n) is 3.57. The molecule has 1 fully saturated rings. The average Bonchev–Trinajstić information content (AvgIpc) is 2.40. The number of nitrogens with zero attached hydrogens (tertiary/aromatic N) is 1. The maximum Gasteiger partial charge on any atom is 0.248 e. The molecule has 19 heavy (non-hydrogen) atoms. The molecular formula is C14H22N2O2S. The van der Waals surface area contributed by atoms with Gasteiger partial charge in [0, 0.05) is 12.3 Å². The third-order valence-corrected chi connectivity index (χ3v) is 4.41. The van der Waals surface area contributed by atoms with Crippen molar-refractivity contribution < 1.29 is 9.59 Å². The Morgan fingerprint density at radius 3 is 2.68 bits per heavy atom. The lowest BCUT2D eigenvalue weighted by Crippen LogP contribution is -2.69. The van der Waals surface area contributed by atoms with E-state index >= 15 is 0 Å². The summed E-state index contributed by atoms with van der Waals surface area (Å²) in [5.41, 5.74) is -0.764. The highest BCUT2D eigenvalue weighted by Gasteiger charge is 2.45. The van der Waals surface area contributed by atoms with E-state index in [1.165, 1.54) is 0 Å². The number of carbonyl (C=O) groups excluding carboxylic acids is 2. The van der Waals surface area contributed by atoms with Crippen molar-refractivity contribution in [2.75, 3.05) is 18.1 Å². The summed E-state index contributed by atoms with van der Waals surface area (Å²) in [7, 11) is 0. The maximum atomic E-state index is 12.5. The molecule has 0 spiro atoms. The van der Waals surface area contributed by atoms with Gasteiger partial charge in [0.1, 0.15) is 11.6 Å². The van der Waals surface area contributed by atoms with Gasteiger partial charge in [0.25, 0.3) is 0 Å². The number of piperazine rings is 1. The molecule has 2 unspecified atom stereocenters. The Balaban J connectivity index is 2.79. The molecule has 1 saturated heterocycles. The summed E-state index contributed by atoms with van der Waals surface area (Å²) in [6.45, 7) is 6.21. The van der Waals surface area contributed by atoms with Gasteiger partial charge in [0.05, 0.1) is 5.75 Å². The molecule has 1 aliphatic rings. The first kappa shape index (κ1) is 15.9. The molecule has 0 aromatic heterocycles. The van der Waals surface area contributed by atoms with Gasteiger partial charge in [-0.25, -0.2) is 0 Å². The summed E-state index contributed by atoms with van der Waals surface area (Å²) in [5.74, 6) is 3.93. The van der Waals surface area contributed by atoms with E-state index in [0.29, 0.717) is 25.1 Å². The Morgan fingerprint density at radius 1 is 1.47 bits per heavy atom. The van der Waals surface area contributed by atoms with Gasteiger partial charge in [-0.2, -0.15) is 0 Å². The second-order valence-corrected chi connectivity index (χ2v) is 5.96. The number of rotatable bonds is 6. The molecule has 106 valence electrons. The SMILES string of the molecule is C#CCSCCN1C(=O)C(C)(CC)NC(=O)C1CC. The third kappa shape index (κ3) is 3.44. The second kappa shape index (κ2) is 6.85. The van der Waals surface area contributed by atoms with Gasteiger partial charge in [0.15, 0.2) is 0 Å². The van der Waals surface area contributed by atoms with E-state index in [0.717, 1.165) is 5.75 Å². The van der Waals surface area contributed by atoms with Crippen molar-refractivity contribution in [3.8, 4) is 12.3 Å². The summed E-state index contributed by atoms with van der Waals surface area (Å²) in [6, 6.07) is -0.349. The van der Waals surface area contributed by atoms with Crippen LogP contribution >= 0.6 is 11.8 Å². The molecule has 0 aromatic rings. The Morgan fingerprint density at radius 2 is 2.16 bits per heavy atom. The lowest BCUT2D eigenvalue weighted by atomic mass is 9.91. The van der Waals surface area contributed by atoms with Crippen molar-refractivity contribution in [3.05, 3.63) is 0 Å². The largest absolute Gasteiger partial charge is 0.340 e. The number of hydrogen-bond donors (Lipinski definition) is 1. The van der Waals surface area contributed by atoms with Crippen LogP contribution in [-0.2, 0) is 9.59 Å². The van der Waals surface area contributed by atoms with Crippen LogP contribution in [0.5, 0.6) is 0 Å². The first-order valence-corrected chi connectivity index (χ1v) is 7.80. The molecule has 1 N–H and O–H groups in total. The minimum atomic E-state index is -0.764. The average molecular weight is 282 g/mol. The van der Waals surface area contributed by atoms with Gasteiger partial charge in [-0.05, 0) is 19.8 Å². The van der Waals surface area contributed by atoms with Gasteiger partial charge in [0.2, 0.25) is 11.8 Å². The van der Waals surface area contributed by atoms with Gasteiger partial charge < -0.3 is 10.2 Å². The Bertz CT molecular complexity index is 391. The fourth-order valence-electron chi connectivity index (χ4n) is 2.21. The topological polar surface area (TPSA) is 49.4 Å². The summed E-state index contributed by atoms with van der Waals surface area (Å²) in [5, 5.41) is 2.86. The maximum absolute atomic E-state index is 12.5. The van der Waals surface area contributed by atoms with E-state index in [4.69, 9.17) is 6.42 Å². The highest BCUT2D eigenvalue weighted by Crippen LogP contribution is 2.23. The Hall–Kier alpha value is -1.15. The number of amides is 2. The predicted octanol–water partition coefficient (Wildman–Crippen LogP) is 1.26. The van der Waals surface area contributed by atoms with Crippen molar-refractivity contribution in [3.63, 3.8) is 0 Å². The summed E-state index contributed by atoms with van der Waals surface area (Å²) >= 11 is 1.61. The highest BCUT2D eigenvalue weighted by atomic mass is 32.2. The van der Waals surface area contributed by atoms with E-state index in [1.54, 1.807) is 23.6 Å². The number of hydrogen-bond acceptors (Lipinski definition) is 3. The molecule has 0 aliphatic carbocycles. The standard InChI is InChI=1S/C14H22N2O2S/c1-5-9-19-10-8-16-11(6-2)12(17)15-14(4,7-3)13(16)18/h1,11H,6-10H2,2-4H3,(H,15,17). The Kier molecular flexibility index (Phi) is 5.74. The molecule has 0 radical (unpaired) electrons.